The van der Waals surface area contributed by atoms with E-state index in [0.29, 0.717) is 22.4 Å². The van der Waals surface area contributed by atoms with E-state index in [1.165, 1.54) is 0 Å². The molecule has 4 heteroatoms. The Balaban J connectivity index is 1.87. The summed E-state index contributed by atoms with van der Waals surface area (Å²) in [5.41, 5.74) is 1.54. The van der Waals surface area contributed by atoms with E-state index in [0.717, 1.165) is 0 Å². The zero-order valence-corrected chi connectivity index (χ0v) is 10.5. The molecule has 0 radical (unpaired) electrons. The van der Waals surface area contributed by atoms with Crippen LogP contribution in [0.25, 0.3) is 0 Å². The Morgan fingerprint density at radius 1 is 1.15 bits per heavy atom. The van der Waals surface area contributed by atoms with Gasteiger partial charge in [-0.2, -0.15) is 5.26 Å². The molecule has 1 aliphatic heterocycles. The average molecular weight is 265 g/mol. The molecule has 2 aromatic carbocycles. The quantitative estimate of drug-likeness (QED) is 0.904. The Bertz CT molecular complexity index is 700. The number of nitrogens with zero attached hydrogens (tertiary/aromatic N) is 1. The molecule has 3 rings (SSSR count). The summed E-state index contributed by atoms with van der Waals surface area (Å²) in [6.07, 6.45) is -1.98. The van der Waals surface area contributed by atoms with Gasteiger partial charge in [0.05, 0.1) is 17.2 Å². The molecule has 1 heterocycles. The fraction of sp³-hybridized carbons (Fsp3) is 0.125. The topological polar surface area (TPSA) is 70.3 Å². The van der Waals surface area contributed by atoms with Crippen molar-refractivity contribution in [1.82, 2.24) is 0 Å². The maximum atomic E-state index is 12.2. The predicted octanol–water partition coefficient (Wildman–Crippen LogP) is 2.24. The number of fused-ring (bicyclic) bond motifs is 1. The molecule has 0 amide bonds. The zero-order valence-electron chi connectivity index (χ0n) is 10.5. The van der Waals surface area contributed by atoms with Gasteiger partial charge in [0.1, 0.15) is 11.9 Å². The van der Waals surface area contributed by atoms with E-state index in [4.69, 9.17) is 10.00 Å². The van der Waals surface area contributed by atoms with Gasteiger partial charge in [-0.05, 0) is 29.8 Å². The van der Waals surface area contributed by atoms with Crippen LogP contribution in [-0.2, 0) is 0 Å². The van der Waals surface area contributed by atoms with Crippen LogP contribution in [0.4, 0.5) is 0 Å². The number of benzene rings is 2. The molecule has 0 aliphatic carbocycles. The molecule has 0 fully saturated rings. The van der Waals surface area contributed by atoms with Crippen LogP contribution in [0.5, 0.6) is 5.75 Å². The highest BCUT2D eigenvalue weighted by atomic mass is 16.5. The number of carbonyl (C=O) groups is 1. The van der Waals surface area contributed by atoms with E-state index in [2.05, 4.69) is 0 Å². The first-order valence-corrected chi connectivity index (χ1v) is 6.19. The third-order valence-corrected chi connectivity index (χ3v) is 3.33. The first-order chi connectivity index (χ1) is 9.70. The highest BCUT2D eigenvalue weighted by Crippen LogP contribution is 2.33. The summed E-state index contributed by atoms with van der Waals surface area (Å²) in [6, 6.07) is 15.4. The Kier molecular flexibility index (Phi) is 2.97. The molecule has 0 saturated heterocycles. The van der Waals surface area contributed by atoms with Gasteiger partial charge < -0.3 is 9.84 Å². The molecule has 2 aromatic rings. The molecule has 0 unspecified atom stereocenters. The molecule has 1 aliphatic rings. The van der Waals surface area contributed by atoms with Gasteiger partial charge in [0.15, 0.2) is 6.10 Å². The number of aliphatic hydroxyl groups is 1. The fourth-order valence-electron chi connectivity index (χ4n) is 2.25. The van der Waals surface area contributed by atoms with Gasteiger partial charge in [0.25, 0.3) is 0 Å². The lowest BCUT2D eigenvalue weighted by Gasteiger charge is -2.17. The fourth-order valence-corrected chi connectivity index (χ4v) is 2.25. The van der Waals surface area contributed by atoms with Crippen LogP contribution in [0.1, 0.15) is 27.6 Å². The highest BCUT2D eigenvalue weighted by Gasteiger charge is 2.37. The average Bonchev–Trinajstić information content (AvgIpc) is 2.84. The first-order valence-electron chi connectivity index (χ1n) is 6.19. The lowest BCUT2D eigenvalue weighted by Crippen LogP contribution is -2.28. The minimum absolute atomic E-state index is 0.225. The Morgan fingerprint density at radius 2 is 1.85 bits per heavy atom. The smallest absolute Gasteiger partial charge is 0.210 e. The standard InChI is InChI=1S/C16H11NO3/c17-9-10-5-7-11(8-6-10)14(18)16-15(19)12-3-1-2-4-13(12)20-16/h1-8,14,16,18H/t14-,16+/m1/s1. The van der Waals surface area contributed by atoms with Crippen LogP contribution < -0.4 is 4.74 Å². The SMILES string of the molecule is N#Cc1ccc([C@@H](O)[C@@H]2Oc3ccccc3C2=O)cc1. The molecular formula is C16H11NO3. The van der Waals surface area contributed by atoms with Gasteiger partial charge in [0.2, 0.25) is 5.78 Å². The van der Waals surface area contributed by atoms with E-state index in [-0.39, 0.29) is 5.78 Å². The Morgan fingerprint density at radius 3 is 2.50 bits per heavy atom. The molecule has 0 saturated carbocycles. The van der Waals surface area contributed by atoms with Gasteiger partial charge in [-0.1, -0.05) is 24.3 Å². The molecule has 1 N–H and O–H groups in total. The molecular weight excluding hydrogens is 254 g/mol. The lowest BCUT2D eigenvalue weighted by atomic mass is 9.98. The minimum atomic E-state index is -1.05. The van der Waals surface area contributed by atoms with Crippen molar-refractivity contribution in [2.75, 3.05) is 0 Å². The predicted molar refractivity (Wildman–Crippen MR) is 71.3 cm³/mol. The van der Waals surface area contributed by atoms with Gasteiger partial charge >= 0.3 is 0 Å². The third-order valence-electron chi connectivity index (χ3n) is 3.33. The van der Waals surface area contributed by atoms with Crippen molar-refractivity contribution in [2.24, 2.45) is 0 Å². The third kappa shape index (κ3) is 1.94. The van der Waals surface area contributed by atoms with Crippen LogP contribution >= 0.6 is 0 Å². The number of hydrogen-bond donors (Lipinski definition) is 1. The van der Waals surface area contributed by atoms with Gasteiger partial charge in [-0.25, -0.2) is 0 Å². The largest absolute Gasteiger partial charge is 0.478 e. The van der Waals surface area contributed by atoms with Crippen molar-refractivity contribution in [3.63, 3.8) is 0 Å². The molecule has 0 bridgehead atoms. The van der Waals surface area contributed by atoms with Crippen molar-refractivity contribution in [3.05, 3.63) is 65.2 Å². The van der Waals surface area contributed by atoms with Gasteiger partial charge in [-0.3, -0.25) is 4.79 Å². The summed E-state index contributed by atoms with van der Waals surface area (Å²) < 4.78 is 5.53. The number of ketones is 1. The van der Waals surface area contributed by atoms with Crippen LogP contribution in [0.2, 0.25) is 0 Å². The number of aliphatic hydroxyl groups excluding tert-OH is 1. The van der Waals surface area contributed by atoms with Gasteiger partial charge in [0, 0.05) is 0 Å². The van der Waals surface area contributed by atoms with E-state index < -0.39 is 12.2 Å². The minimum Gasteiger partial charge on any atom is -0.478 e. The first kappa shape index (κ1) is 12.4. The van der Waals surface area contributed by atoms with E-state index in [9.17, 15) is 9.90 Å². The van der Waals surface area contributed by atoms with Crippen molar-refractivity contribution < 1.29 is 14.6 Å². The number of ether oxygens (including phenoxy) is 1. The highest BCUT2D eigenvalue weighted by molar-refractivity contribution is 6.04. The van der Waals surface area contributed by atoms with E-state index >= 15 is 0 Å². The maximum absolute atomic E-state index is 12.2. The normalized spacial score (nSPS) is 18.0. The van der Waals surface area contributed by atoms with Crippen molar-refractivity contribution in [1.29, 1.82) is 5.26 Å². The molecule has 0 aromatic heterocycles. The van der Waals surface area contributed by atoms with Crippen LogP contribution in [0.3, 0.4) is 0 Å². The van der Waals surface area contributed by atoms with Crippen molar-refractivity contribution >= 4 is 5.78 Å². The second-order valence-electron chi connectivity index (χ2n) is 4.58. The maximum Gasteiger partial charge on any atom is 0.210 e. The Labute approximate surface area is 115 Å². The second-order valence-corrected chi connectivity index (χ2v) is 4.58. The van der Waals surface area contributed by atoms with Gasteiger partial charge in [-0.15, -0.1) is 0 Å². The summed E-state index contributed by atoms with van der Waals surface area (Å²) in [5.74, 6) is 0.271. The van der Waals surface area contributed by atoms with Crippen molar-refractivity contribution in [2.45, 2.75) is 12.2 Å². The number of hydrogen-bond acceptors (Lipinski definition) is 4. The summed E-state index contributed by atoms with van der Waals surface area (Å²) in [6.45, 7) is 0. The number of nitriles is 1. The summed E-state index contributed by atoms with van der Waals surface area (Å²) in [7, 11) is 0. The summed E-state index contributed by atoms with van der Waals surface area (Å²) >= 11 is 0. The van der Waals surface area contributed by atoms with Crippen LogP contribution in [0, 0.1) is 11.3 Å². The number of rotatable bonds is 2. The zero-order chi connectivity index (χ0) is 14.1. The van der Waals surface area contributed by atoms with Crippen LogP contribution in [0.15, 0.2) is 48.5 Å². The van der Waals surface area contributed by atoms with E-state index in [1.54, 1.807) is 48.5 Å². The molecule has 20 heavy (non-hydrogen) atoms. The molecule has 98 valence electrons. The summed E-state index contributed by atoms with van der Waals surface area (Å²) in [5, 5.41) is 19.0. The monoisotopic (exact) mass is 265 g/mol. The van der Waals surface area contributed by atoms with E-state index in [1.807, 2.05) is 6.07 Å². The molecule has 2 atom stereocenters. The summed E-state index contributed by atoms with van der Waals surface area (Å²) in [4.78, 5) is 12.2. The number of Topliss-reactive ketones (excluding diaryl/α,β-unsaturated/α-hetero) is 1. The van der Waals surface area contributed by atoms with Crippen molar-refractivity contribution in [3.8, 4) is 11.8 Å². The number of carbonyl (C=O) groups excluding carboxylic acids is 1. The number of para-hydroxylation sites is 1. The molecule has 0 spiro atoms. The Hall–Kier alpha value is -2.64. The molecule has 4 nitrogen and oxygen atoms in total. The van der Waals surface area contributed by atoms with Crippen LogP contribution in [-0.4, -0.2) is 17.0 Å². The lowest BCUT2D eigenvalue weighted by molar-refractivity contribution is 0.0407. The second kappa shape index (κ2) is 4.80.